The number of hydrogen-bond donors (Lipinski definition) is 1. The Balaban J connectivity index is 0.652. The van der Waals surface area contributed by atoms with Crippen molar-refractivity contribution < 1.29 is 28.3 Å². The van der Waals surface area contributed by atoms with Crippen molar-refractivity contribution in [3.63, 3.8) is 0 Å². The molecule has 2 aromatic carbocycles. The summed E-state index contributed by atoms with van der Waals surface area (Å²) in [5.74, 6) is 0.931. The number of piperazine rings is 1. The van der Waals surface area contributed by atoms with Crippen molar-refractivity contribution in [1.82, 2.24) is 29.4 Å². The number of nitrogens with one attached hydrogen (secondary N) is 1. The topological polar surface area (TPSA) is 126 Å². The third-order valence-electron chi connectivity index (χ3n) is 16.1. The van der Waals surface area contributed by atoms with Crippen LogP contribution in [0.3, 0.4) is 0 Å². The van der Waals surface area contributed by atoms with Crippen LogP contribution in [0.25, 0.3) is 5.65 Å². The Bertz CT molecular complexity index is 2500. The smallest absolute Gasteiger partial charge is 0.255 e. The molecule has 15 heteroatoms. The number of carbonyl (C=O) groups is 4. The normalized spacial score (nSPS) is 24.6. The van der Waals surface area contributed by atoms with Gasteiger partial charge in [0.25, 0.3) is 5.91 Å². The van der Waals surface area contributed by atoms with E-state index >= 15 is 4.39 Å². The SMILES string of the molecule is COc1cc(N2CCC(CN3CCN(CC4CCN(c5ccc6c(c5)CN([C@H]5CCC(=O)NC5=O)C6=O)CC4)CC3)CC2)c(F)cc1[C@@H]1N(c2cccn3ccnc23)C(=O)C12CCCC2. The van der Waals surface area contributed by atoms with Crippen LogP contribution in [0.5, 0.6) is 5.75 Å². The average Bonchev–Trinajstić information content (AvgIpc) is 4.10. The van der Waals surface area contributed by atoms with Gasteiger partial charge in [0.15, 0.2) is 5.65 Å². The second kappa shape index (κ2) is 17.0. The van der Waals surface area contributed by atoms with Crippen LogP contribution in [0.1, 0.15) is 91.7 Å². The standard InChI is InChI=1S/C50H60FN9O5/c1-65-43-29-42(39(51)28-38(43)45-50(14-2-3-15-50)49(64)60(45)40-5-4-17-58-22-16-52-46(40)58)57-20-12-34(13-21-57)31-55-25-23-54(24-26-55)30-33-10-18-56(19-11-33)36-6-7-37-35(27-36)32-59(48(37)63)41-8-9-44(61)53-47(41)62/h4-7,16-17,22,27-29,33-34,41,45H,2-3,8-15,18-21,23-26,30-32H2,1H3,(H,53,61,62)/t41-,45-/m0/s1. The van der Waals surface area contributed by atoms with E-state index < -0.39 is 11.5 Å². The maximum atomic E-state index is 16.4. The Morgan fingerprint density at radius 2 is 1.49 bits per heavy atom. The van der Waals surface area contributed by atoms with Crippen LogP contribution >= 0.6 is 0 Å². The zero-order valence-corrected chi connectivity index (χ0v) is 37.4. The number of imide groups is 1. The first-order chi connectivity index (χ1) is 31.7. The summed E-state index contributed by atoms with van der Waals surface area (Å²) >= 11 is 0. The quantitative estimate of drug-likeness (QED) is 0.158. The summed E-state index contributed by atoms with van der Waals surface area (Å²) in [7, 11) is 1.65. The Labute approximate surface area is 379 Å². The van der Waals surface area contributed by atoms with Crippen LogP contribution in [-0.2, 0) is 20.9 Å². The van der Waals surface area contributed by atoms with Crippen molar-refractivity contribution in [3.05, 3.63) is 83.6 Å². The van der Waals surface area contributed by atoms with E-state index in [1.54, 1.807) is 24.3 Å². The van der Waals surface area contributed by atoms with Crippen LogP contribution in [-0.4, -0.2) is 126 Å². The van der Waals surface area contributed by atoms with Gasteiger partial charge in [-0.2, -0.15) is 0 Å². The van der Waals surface area contributed by atoms with Gasteiger partial charge < -0.3 is 33.6 Å². The molecule has 1 aliphatic carbocycles. The van der Waals surface area contributed by atoms with E-state index in [4.69, 9.17) is 4.74 Å². The summed E-state index contributed by atoms with van der Waals surface area (Å²) < 4.78 is 24.4. The minimum Gasteiger partial charge on any atom is -0.496 e. The second-order valence-electron chi connectivity index (χ2n) is 19.7. The number of piperidine rings is 3. The van der Waals surface area contributed by atoms with Gasteiger partial charge in [0.1, 0.15) is 17.6 Å². The van der Waals surface area contributed by atoms with Gasteiger partial charge in [-0.15, -0.1) is 0 Å². The summed E-state index contributed by atoms with van der Waals surface area (Å²) in [6.07, 6.45) is 14.0. The predicted molar refractivity (Wildman–Crippen MR) is 245 cm³/mol. The highest BCUT2D eigenvalue weighted by atomic mass is 19.1. The lowest BCUT2D eigenvalue weighted by Crippen LogP contribution is -2.62. The molecule has 8 heterocycles. The number of carbonyl (C=O) groups excluding carboxylic acids is 4. The number of rotatable bonds is 10. The molecule has 5 saturated heterocycles. The van der Waals surface area contributed by atoms with E-state index in [0.717, 1.165) is 139 Å². The first-order valence-corrected chi connectivity index (χ1v) is 24.0. The van der Waals surface area contributed by atoms with Crippen molar-refractivity contribution in [1.29, 1.82) is 0 Å². The van der Waals surface area contributed by atoms with Crippen LogP contribution in [0, 0.1) is 23.1 Å². The number of methoxy groups -OCH3 is 1. The van der Waals surface area contributed by atoms with Gasteiger partial charge in [-0.05, 0) is 98.7 Å². The lowest BCUT2D eigenvalue weighted by Gasteiger charge is -2.55. The van der Waals surface area contributed by atoms with Crippen molar-refractivity contribution in [2.75, 3.05) is 87.3 Å². The molecule has 0 unspecified atom stereocenters. The van der Waals surface area contributed by atoms with Crippen LogP contribution in [0.2, 0.25) is 0 Å². The molecule has 342 valence electrons. The molecular weight excluding hydrogens is 826 g/mol. The number of anilines is 3. The maximum Gasteiger partial charge on any atom is 0.255 e. The zero-order valence-electron chi connectivity index (χ0n) is 37.4. The molecule has 6 aliphatic heterocycles. The van der Waals surface area contributed by atoms with Crippen molar-refractivity contribution in [2.45, 2.75) is 82.8 Å². The largest absolute Gasteiger partial charge is 0.496 e. The number of hydrogen-bond acceptors (Lipinski definition) is 10. The summed E-state index contributed by atoms with van der Waals surface area (Å²) in [4.78, 5) is 69.3. The molecule has 0 radical (unpaired) electrons. The first kappa shape index (κ1) is 42.1. The molecule has 2 aromatic heterocycles. The second-order valence-corrected chi connectivity index (χ2v) is 19.7. The molecular formula is C50H60FN9O5. The van der Waals surface area contributed by atoms with E-state index in [1.807, 2.05) is 52.0 Å². The van der Waals surface area contributed by atoms with Crippen LogP contribution in [0.4, 0.5) is 21.5 Å². The van der Waals surface area contributed by atoms with E-state index in [9.17, 15) is 19.2 Å². The van der Waals surface area contributed by atoms with E-state index in [-0.39, 0.29) is 41.9 Å². The number of ether oxygens (including phenoxy) is 1. The van der Waals surface area contributed by atoms with Crippen molar-refractivity contribution in [3.8, 4) is 5.75 Å². The van der Waals surface area contributed by atoms with Crippen LogP contribution < -0.4 is 24.8 Å². The van der Waals surface area contributed by atoms with Crippen molar-refractivity contribution in [2.24, 2.45) is 17.3 Å². The molecule has 1 spiro atoms. The number of aromatic nitrogens is 2. The fraction of sp³-hybridized carbons (Fsp3) is 0.540. The number of β-lactam (4-membered cyclic amide) rings is 1. The number of benzene rings is 2. The molecule has 4 aromatic rings. The highest BCUT2D eigenvalue weighted by Crippen LogP contribution is 2.62. The Morgan fingerprint density at radius 3 is 2.17 bits per heavy atom. The van der Waals surface area contributed by atoms with Crippen LogP contribution in [0.15, 0.2) is 61.1 Å². The van der Waals surface area contributed by atoms with Gasteiger partial charge in [0.2, 0.25) is 17.7 Å². The number of fused-ring (bicyclic) bond motifs is 2. The molecule has 0 bridgehead atoms. The molecule has 11 rings (SSSR count). The maximum absolute atomic E-state index is 16.4. The molecule has 14 nitrogen and oxygen atoms in total. The molecule has 6 fully saturated rings. The average molecular weight is 886 g/mol. The minimum atomic E-state index is -0.596. The Morgan fingerprint density at radius 1 is 0.800 bits per heavy atom. The highest BCUT2D eigenvalue weighted by Gasteiger charge is 2.63. The van der Waals surface area contributed by atoms with Gasteiger partial charge in [-0.25, -0.2) is 9.37 Å². The molecule has 7 aliphatic rings. The molecule has 1 N–H and O–H groups in total. The third-order valence-corrected chi connectivity index (χ3v) is 16.1. The summed E-state index contributed by atoms with van der Waals surface area (Å²) in [5, 5.41) is 2.39. The van der Waals surface area contributed by atoms with Gasteiger partial charge in [0.05, 0.1) is 29.9 Å². The van der Waals surface area contributed by atoms with Gasteiger partial charge in [-0.3, -0.25) is 29.4 Å². The van der Waals surface area contributed by atoms with Gasteiger partial charge in [-0.1, -0.05) is 12.8 Å². The number of halogens is 1. The van der Waals surface area contributed by atoms with E-state index in [2.05, 4.69) is 36.0 Å². The number of nitrogens with zero attached hydrogens (tertiary/aromatic N) is 8. The molecule has 1 saturated carbocycles. The zero-order chi connectivity index (χ0) is 44.4. The summed E-state index contributed by atoms with van der Waals surface area (Å²) in [5.41, 5.74) is 4.98. The van der Waals surface area contributed by atoms with Gasteiger partial charge >= 0.3 is 0 Å². The fourth-order valence-electron chi connectivity index (χ4n) is 12.5. The van der Waals surface area contributed by atoms with E-state index in [1.165, 1.54) is 0 Å². The van der Waals surface area contributed by atoms with E-state index in [0.29, 0.717) is 47.4 Å². The van der Waals surface area contributed by atoms with Crippen molar-refractivity contribution >= 4 is 46.3 Å². The first-order valence-electron chi connectivity index (χ1n) is 24.0. The Kier molecular flexibility index (Phi) is 11.0. The molecule has 2 atom stereocenters. The third kappa shape index (κ3) is 7.52. The highest BCUT2D eigenvalue weighted by molar-refractivity contribution is 6.09. The summed E-state index contributed by atoms with van der Waals surface area (Å²) in [6.45, 7) is 10.5. The lowest BCUT2D eigenvalue weighted by molar-refractivity contribution is -0.140. The fourth-order valence-corrected chi connectivity index (χ4v) is 12.5. The molecule has 65 heavy (non-hydrogen) atoms. The molecule has 4 amide bonds. The van der Waals surface area contributed by atoms with Gasteiger partial charge in [0, 0.05) is 120 Å². The Hall–Kier alpha value is -5.54. The number of amides is 4. The minimum absolute atomic E-state index is 0.0982. The predicted octanol–water partition coefficient (Wildman–Crippen LogP) is 5.64. The summed E-state index contributed by atoms with van der Waals surface area (Å²) in [6, 6.07) is 12.6. The lowest BCUT2D eigenvalue weighted by atomic mass is 9.66. The monoisotopic (exact) mass is 885 g/mol. The number of imidazole rings is 1. The number of pyridine rings is 1.